The highest BCUT2D eigenvalue weighted by atomic mass is 19.4. The van der Waals surface area contributed by atoms with Crippen LogP contribution in [-0.2, 0) is 15.8 Å². The molecule has 0 bridgehead atoms. The fourth-order valence-electron chi connectivity index (χ4n) is 6.09. The second-order valence-corrected chi connectivity index (χ2v) is 12.1. The second-order valence-electron chi connectivity index (χ2n) is 12.1. The van der Waals surface area contributed by atoms with Crippen molar-refractivity contribution in [3.05, 3.63) is 83.4 Å². The minimum absolute atomic E-state index is 0.0228. The van der Waals surface area contributed by atoms with E-state index in [2.05, 4.69) is 20.6 Å². The Morgan fingerprint density at radius 2 is 1.83 bits per heavy atom. The SMILES string of the molecule is COc1cc(C(=O)NC[C@](O)(c2cc3c(c(-c4ccc(F)cc4)n2)OC[C@]3(C)C(=O)NC2CCCC2)C(F)(F)F)cc2cccnc12. The van der Waals surface area contributed by atoms with Crippen molar-refractivity contribution in [2.75, 3.05) is 20.3 Å². The normalized spacial score (nSPS) is 19.1. The van der Waals surface area contributed by atoms with Gasteiger partial charge in [0.05, 0.1) is 19.3 Å². The molecule has 3 N–H and O–H groups in total. The lowest BCUT2D eigenvalue weighted by molar-refractivity contribution is -0.265. The molecule has 2 aliphatic rings. The molecular formula is C34H32F4N4O5. The van der Waals surface area contributed by atoms with E-state index in [1.807, 2.05) is 0 Å². The average Bonchev–Trinajstić information content (AvgIpc) is 3.70. The zero-order chi connectivity index (χ0) is 33.6. The van der Waals surface area contributed by atoms with Gasteiger partial charge < -0.3 is 25.2 Å². The molecule has 3 heterocycles. The van der Waals surface area contributed by atoms with Gasteiger partial charge in [-0.1, -0.05) is 18.9 Å². The Labute approximate surface area is 267 Å². The van der Waals surface area contributed by atoms with Gasteiger partial charge in [-0.3, -0.25) is 14.6 Å². The van der Waals surface area contributed by atoms with Crippen LogP contribution in [0.1, 0.15) is 54.2 Å². The van der Waals surface area contributed by atoms with Crippen molar-refractivity contribution in [2.24, 2.45) is 0 Å². The number of fused-ring (bicyclic) bond motifs is 2. The number of rotatable bonds is 8. The Bertz CT molecular complexity index is 1850. The zero-order valence-corrected chi connectivity index (χ0v) is 25.6. The summed E-state index contributed by atoms with van der Waals surface area (Å²) in [5.41, 5.74) is -5.41. The lowest BCUT2D eigenvalue weighted by atomic mass is 9.81. The van der Waals surface area contributed by atoms with Gasteiger partial charge in [-0.15, -0.1) is 0 Å². The van der Waals surface area contributed by atoms with Gasteiger partial charge in [-0.05, 0) is 68.3 Å². The van der Waals surface area contributed by atoms with Gasteiger partial charge in [-0.25, -0.2) is 9.37 Å². The van der Waals surface area contributed by atoms with E-state index in [9.17, 15) is 32.3 Å². The number of ether oxygens (including phenoxy) is 2. The van der Waals surface area contributed by atoms with E-state index in [0.29, 0.717) is 10.9 Å². The largest absolute Gasteiger partial charge is 0.494 e. The lowest BCUT2D eigenvalue weighted by Gasteiger charge is -2.32. The number of aliphatic hydroxyl groups is 1. The third kappa shape index (κ3) is 5.84. The summed E-state index contributed by atoms with van der Waals surface area (Å²) in [6.45, 7) is 0.0426. The summed E-state index contributed by atoms with van der Waals surface area (Å²) < 4.78 is 69.8. The fourth-order valence-corrected chi connectivity index (χ4v) is 6.09. The molecule has 6 rings (SSSR count). The third-order valence-corrected chi connectivity index (χ3v) is 8.93. The van der Waals surface area contributed by atoms with E-state index >= 15 is 0 Å². The molecule has 2 atom stereocenters. The monoisotopic (exact) mass is 652 g/mol. The highest BCUT2D eigenvalue weighted by molar-refractivity contribution is 6.00. The summed E-state index contributed by atoms with van der Waals surface area (Å²) in [6.07, 6.45) is -0.341. The molecule has 47 heavy (non-hydrogen) atoms. The van der Waals surface area contributed by atoms with Crippen LogP contribution in [0.2, 0.25) is 0 Å². The number of nitrogens with zero attached hydrogens (tertiary/aromatic N) is 2. The van der Waals surface area contributed by atoms with Crippen LogP contribution in [0.15, 0.2) is 60.8 Å². The van der Waals surface area contributed by atoms with Crippen LogP contribution < -0.4 is 20.1 Å². The van der Waals surface area contributed by atoms with Gasteiger partial charge in [0.25, 0.3) is 5.91 Å². The van der Waals surface area contributed by atoms with Crippen molar-refractivity contribution < 1.29 is 41.7 Å². The van der Waals surface area contributed by atoms with Crippen LogP contribution in [0.5, 0.6) is 11.5 Å². The van der Waals surface area contributed by atoms with Crippen LogP contribution in [0.25, 0.3) is 22.2 Å². The number of amides is 2. The first kappa shape index (κ1) is 32.2. The summed E-state index contributed by atoms with van der Waals surface area (Å²) in [5.74, 6) is -1.65. The predicted molar refractivity (Wildman–Crippen MR) is 163 cm³/mol. The van der Waals surface area contributed by atoms with Gasteiger partial charge >= 0.3 is 6.18 Å². The van der Waals surface area contributed by atoms with E-state index in [-0.39, 0.29) is 46.5 Å². The van der Waals surface area contributed by atoms with E-state index in [1.165, 1.54) is 37.6 Å². The van der Waals surface area contributed by atoms with Gasteiger partial charge in [0.1, 0.15) is 40.5 Å². The van der Waals surface area contributed by atoms with E-state index in [0.717, 1.165) is 43.9 Å². The highest BCUT2D eigenvalue weighted by Crippen LogP contribution is 2.48. The van der Waals surface area contributed by atoms with Crippen molar-refractivity contribution in [3.8, 4) is 22.8 Å². The maximum atomic E-state index is 14.9. The van der Waals surface area contributed by atoms with Crippen LogP contribution >= 0.6 is 0 Å². The number of halogens is 4. The quantitative estimate of drug-likeness (QED) is 0.220. The van der Waals surface area contributed by atoms with Crippen LogP contribution in [0.4, 0.5) is 17.6 Å². The zero-order valence-electron chi connectivity index (χ0n) is 25.6. The molecule has 2 aromatic heterocycles. The maximum absolute atomic E-state index is 14.9. The fraction of sp³-hybridized carbons (Fsp3) is 0.353. The van der Waals surface area contributed by atoms with Crippen LogP contribution in [0, 0.1) is 5.82 Å². The van der Waals surface area contributed by atoms with Gasteiger partial charge in [0.15, 0.2) is 0 Å². The third-order valence-electron chi connectivity index (χ3n) is 8.93. The molecule has 1 fully saturated rings. The predicted octanol–water partition coefficient (Wildman–Crippen LogP) is 5.33. The van der Waals surface area contributed by atoms with Crippen molar-refractivity contribution in [2.45, 2.75) is 55.8 Å². The first-order chi connectivity index (χ1) is 22.3. The molecule has 246 valence electrons. The number of methoxy groups -OCH3 is 1. The minimum Gasteiger partial charge on any atom is -0.494 e. The Morgan fingerprint density at radius 3 is 2.51 bits per heavy atom. The molecule has 0 unspecified atom stereocenters. The summed E-state index contributed by atoms with van der Waals surface area (Å²) in [6, 6.07) is 11.9. The second kappa shape index (κ2) is 12.1. The molecule has 9 nitrogen and oxygen atoms in total. The maximum Gasteiger partial charge on any atom is 0.424 e. The number of hydrogen-bond donors (Lipinski definition) is 3. The number of pyridine rings is 2. The number of hydrogen-bond acceptors (Lipinski definition) is 7. The first-order valence-corrected chi connectivity index (χ1v) is 15.1. The molecule has 13 heteroatoms. The van der Waals surface area contributed by atoms with Gasteiger partial charge in [0, 0.05) is 34.3 Å². The number of nitrogens with one attached hydrogen (secondary N) is 2. The molecule has 1 saturated carbocycles. The molecular weight excluding hydrogens is 620 g/mol. The summed E-state index contributed by atoms with van der Waals surface area (Å²) in [7, 11) is 1.37. The number of benzene rings is 2. The first-order valence-electron chi connectivity index (χ1n) is 15.1. The van der Waals surface area contributed by atoms with Gasteiger partial charge in [0.2, 0.25) is 11.5 Å². The number of alkyl halides is 3. The molecule has 2 amide bonds. The Balaban J connectivity index is 1.41. The Morgan fingerprint density at radius 1 is 1.11 bits per heavy atom. The summed E-state index contributed by atoms with van der Waals surface area (Å²) >= 11 is 0. The topological polar surface area (TPSA) is 123 Å². The number of aromatic nitrogens is 2. The number of carbonyl (C=O) groups is 2. The van der Waals surface area contributed by atoms with Crippen molar-refractivity contribution in [1.82, 2.24) is 20.6 Å². The average molecular weight is 653 g/mol. The van der Waals surface area contributed by atoms with Crippen molar-refractivity contribution in [1.29, 1.82) is 0 Å². The smallest absolute Gasteiger partial charge is 0.424 e. The van der Waals surface area contributed by atoms with Crippen molar-refractivity contribution in [3.63, 3.8) is 0 Å². The lowest BCUT2D eigenvalue weighted by Crippen LogP contribution is -2.52. The minimum atomic E-state index is -5.34. The molecule has 0 spiro atoms. The summed E-state index contributed by atoms with van der Waals surface area (Å²) in [5, 5.41) is 17.1. The summed E-state index contributed by atoms with van der Waals surface area (Å²) in [4.78, 5) is 35.3. The number of carbonyl (C=O) groups excluding carboxylic acids is 2. The van der Waals surface area contributed by atoms with Crippen LogP contribution in [-0.4, -0.2) is 59.4 Å². The standard InChI is InChI=1S/C34H32F4N4O5/c1-32(31(44)41-23-7-3-4-8-23)18-47-29-24(32)16-26(42-28(29)19-9-11-22(35)12-10-19)33(45,34(36,37)38)17-40-30(43)21-14-20-6-5-13-39-27(20)25(15-21)46-2/h5-6,9-16,23,45H,3-4,7-8,17-18H2,1-2H3,(H,40,43)(H,41,44)/t32-,33-/m0/s1. The highest BCUT2D eigenvalue weighted by Gasteiger charge is 2.58. The molecule has 0 radical (unpaired) electrons. The van der Waals surface area contributed by atoms with Crippen molar-refractivity contribution >= 4 is 22.7 Å². The molecule has 1 aliphatic carbocycles. The van der Waals surface area contributed by atoms with E-state index in [4.69, 9.17) is 9.47 Å². The Kier molecular flexibility index (Phi) is 8.29. The van der Waals surface area contributed by atoms with Crippen LogP contribution in [0.3, 0.4) is 0 Å². The molecule has 2 aromatic carbocycles. The molecule has 4 aromatic rings. The van der Waals surface area contributed by atoms with Gasteiger partial charge in [-0.2, -0.15) is 13.2 Å². The Hall–Kier alpha value is -4.78. The molecule has 0 saturated heterocycles. The molecule has 1 aliphatic heterocycles. The van der Waals surface area contributed by atoms with E-state index in [1.54, 1.807) is 19.1 Å². The van der Waals surface area contributed by atoms with E-state index < -0.39 is 47.1 Å².